The Hall–Kier alpha value is -1.71. The second-order valence-corrected chi connectivity index (χ2v) is 5.48. The van der Waals surface area contributed by atoms with Gasteiger partial charge < -0.3 is 15.8 Å². The van der Waals surface area contributed by atoms with Gasteiger partial charge in [-0.3, -0.25) is 4.79 Å². The number of nitrogens with two attached hydrogens (primary N) is 1. The zero-order valence-corrected chi connectivity index (χ0v) is 10.9. The van der Waals surface area contributed by atoms with E-state index in [-0.39, 0.29) is 11.3 Å². The van der Waals surface area contributed by atoms with Gasteiger partial charge in [-0.15, -0.1) is 0 Å². The molecule has 4 heteroatoms. The van der Waals surface area contributed by atoms with Crippen LogP contribution in [0.3, 0.4) is 0 Å². The van der Waals surface area contributed by atoms with Crippen molar-refractivity contribution in [2.24, 2.45) is 5.41 Å². The molecule has 4 nitrogen and oxygen atoms in total. The molecule has 0 spiro atoms. The van der Waals surface area contributed by atoms with Crippen LogP contribution >= 0.6 is 0 Å². The molecule has 0 heterocycles. The standard InChI is InChI=1S/C14H20N2O2/c1-14(2)9-12(14)16-13(17)7-8-18-11-5-3-10(15)4-6-11/h3-6,12H,7-9,15H2,1-2H3,(H,16,17). The van der Waals surface area contributed by atoms with Gasteiger partial charge in [0.05, 0.1) is 13.0 Å². The third-order valence-corrected chi connectivity index (χ3v) is 3.33. The summed E-state index contributed by atoms with van der Waals surface area (Å²) < 4.78 is 5.47. The maximum Gasteiger partial charge on any atom is 0.223 e. The summed E-state index contributed by atoms with van der Waals surface area (Å²) in [6.07, 6.45) is 1.45. The fraction of sp³-hybridized carbons (Fsp3) is 0.500. The van der Waals surface area contributed by atoms with Crippen molar-refractivity contribution >= 4 is 11.6 Å². The summed E-state index contributed by atoms with van der Waals surface area (Å²) in [5.74, 6) is 0.796. The third kappa shape index (κ3) is 3.39. The summed E-state index contributed by atoms with van der Waals surface area (Å²) in [5, 5.41) is 3.00. The van der Waals surface area contributed by atoms with Crippen molar-refractivity contribution in [1.29, 1.82) is 0 Å². The Labute approximate surface area is 108 Å². The molecule has 1 saturated carbocycles. The lowest BCUT2D eigenvalue weighted by Crippen LogP contribution is -2.29. The van der Waals surface area contributed by atoms with Crippen molar-refractivity contribution in [1.82, 2.24) is 5.32 Å². The van der Waals surface area contributed by atoms with Gasteiger partial charge in [0, 0.05) is 11.7 Å². The van der Waals surface area contributed by atoms with E-state index in [1.165, 1.54) is 0 Å². The molecule has 0 aromatic heterocycles. The summed E-state index contributed by atoms with van der Waals surface area (Å²) in [7, 11) is 0. The molecular formula is C14H20N2O2. The number of hydrogen-bond donors (Lipinski definition) is 2. The Morgan fingerprint density at radius 2 is 2.06 bits per heavy atom. The highest BCUT2D eigenvalue weighted by Crippen LogP contribution is 2.44. The number of hydrogen-bond acceptors (Lipinski definition) is 3. The van der Waals surface area contributed by atoms with E-state index in [1.807, 2.05) is 0 Å². The number of amides is 1. The molecule has 18 heavy (non-hydrogen) atoms. The summed E-state index contributed by atoms with van der Waals surface area (Å²) in [6.45, 7) is 4.70. The van der Waals surface area contributed by atoms with Crippen LogP contribution in [0.25, 0.3) is 0 Å². The third-order valence-electron chi connectivity index (χ3n) is 3.33. The average Bonchev–Trinajstić information content (AvgIpc) is 2.89. The van der Waals surface area contributed by atoms with Crippen molar-refractivity contribution < 1.29 is 9.53 Å². The maximum absolute atomic E-state index is 11.6. The number of ether oxygens (including phenoxy) is 1. The van der Waals surface area contributed by atoms with Crippen molar-refractivity contribution in [2.45, 2.75) is 32.7 Å². The zero-order valence-electron chi connectivity index (χ0n) is 10.9. The lowest BCUT2D eigenvalue weighted by atomic mass is 10.2. The predicted molar refractivity (Wildman–Crippen MR) is 71.3 cm³/mol. The van der Waals surface area contributed by atoms with Gasteiger partial charge in [-0.25, -0.2) is 0 Å². The van der Waals surface area contributed by atoms with Gasteiger partial charge in [0.15, 0.2) is 0 Å². The number of carbonyl (C=O) groups excluding carboxylic acids is 1. The SMILES string of the molecule is CC1(C)CC1NC(=O)CCOc1ccc(N)cc1. The number of rotatable bonds is 5. The van der Waals surface area contributed by atoms with E-state index in [9.17, 15) is 4.79 Å². The Balaban J connectivity index is 1.66. The number of benzene rings is 1. The van der Waals surface area contributed by atoms with Crippen molar-refractivity contribution in [2.75, 3.05) is 12.3 Å². The fourth-order valence-electron chi connectivity index (χ4n) is 1.81. The quantitative estimate of drug-likeness (QED) is 0.783. The molecule has 0 bridgehead atoms. The molecule has 1 unspecified atom stereocenters. The predicted octanol–water partition coefficient (Wildman–Crippen LogP) is 1.95. The molecule has 1 atom stereocenters. The molecule has 2 rings (SSSR count). The van der Waals surface area contributed by atoms with Gasteiger partial charge in [-0.2, -0.15) is 0 Å². The monoisotopic (exact) mass is 248 g/mol. The Bertz CT molecular complexity index is 426. The Morgan fingerprint density at radius 1 is 1.44 bits per heavy atom. The molecule has 1 aromatic carbocycles. The molecule has 1 aromatic rings. The minimum Gasteiger partial charge on any atom is -0.493 e. The maximum atomic E-state index is 11.6. The molecule has 0 radical (unpaired) electrons. The fourth-order valence-corrected chi connectivity index (χ4v) is 1.81. The lowest BCUT2D eigenvalue weighted by molar-refractivity contribution is -0.121. The Kier molecular flexibility index (Phi) is 3.45. The van der Waals surface area contributed by atoms with E-state index in [1.54, 1.807) is 24.3 Å². The molecule has 3 N–H and O–H groups in total. The second kappa shape index (κ2) is 4.88. The largest absolute Gasteiger partial charge is 0.493 e. The van der Waals surface area contributed by atoms with Crippen LogP contribution in [0.4, 0.5) is 5.69 Å². The van der Waals surface area contributed by atoms with Crippen LogP contribution in [0.5, 0.6) is 5.75 Å². The summed E-state index contributed by atoms with van der Waals surface area (Å²) >= 11 is 0. The van der Waals surface area contributed by atoms with Gasteiger partial charge >= 0.3 is 0 Å². The highest BCUT2D eigenvalue weighted by molar-refractivity contribution is 5.76. The molecule has 1 amide bonds. The van der Waals surface area contributed by atoms with E-state index < -0.39 is 0 Å². The van der Waals surface area contributed by atoms with Crippen LogP contribution in [0, 0.1) is 5.41 Å². The van der Waals surface area contributed by atoms with E-state index in [0.29, 0.717) is 24.8 Å². The summed E-state index contributed by atoms with van der Waals surface area (Å²) in [5.41, 5.74) is 6.55. The minimum absolute atomic E-state index is 0.0565. The Morgan fingerprint density at radius 3 is 2.61 bits per heavy atom. The molecule has 98 valence electrons. The number of anilines is 1. The molecule has 1 aliphatic rings. The minimum atomic E-state index is 0.0565. The van der Waals surface area contributed by atoms with Crippen molar-refractivity contribution in [3.05, 3.63) is 24.3 Å². The van der Waals surface area contributed by atoms with Crippen LogP contribution in [0.15, 0.2) is 24.3 Å². The lowest BCUT2D eigenvalue weighted by Gasteiger charge is -2.08. The number of nitrogen functional groups attached to an aromatic ring is 1. The van der Waals surface area contributed by atoms with E-state index >= 15 is 0 Å². The molecule has 0 saturated heterocycles. The first-order valence-corrected chi connectivity index (χ1v) is 6.25. The highest BCUT2D eigenvalue weighted by atomic mass is 16.5. The average molecular weight is 248 g/mol. The summed E-state index contributed by atoms with van der Waals surface area (Å²) in [6, 6.07) is 7.50. The summed E-state index contributed by atoms with van der Waals surface area (Å²) in [4.78, 5) is 11.6. The van der Waals surface area contributed by atoms with Crippen LogP contribution in [0.2, 0.25) is 0 Å². The van der Waals surface area contributed by atoms with E-state index in [0.717, 1.165) is 12.2 Å². The second-order valence-electron chi connectivity index (χ2n) is 5.48. The number of nitrogens with one attached hydrogen (secondary N) is 1. The van der Waals surface area contributed by atoms with Crippen LogP contribution in [0.1, 0.15) is 26.7 Å². The normalized spacial score (nSPS) is 20.2. The van der Waals surface area contributed by atoms with Gasteiger partial charge in [0.1, 0.15) is 5.75 Å². The topological polar surface area (TPSA) is 64.3 Å². The first kappa shape index (κ1) is 12.7. The smallest absolute Gasteiger partial charge is 0.223 e. The van der Waals surface area contributed by atoms with Crippen LogP contribution < -0.4 is 15.8 Å². The van der Waals surface area contributed by atoms with Crippen LogP contribution in [-0.2, 0) is 4.79 Å². The highest BCUT2D eigenvalue weighted by Gasteiger charge is 2.46. The van der Waals surface area contributed by atoms with Gasteiger partial charge in [0.25, 0.3) is 0 Å². The van der Waals surface area contributed by atoms with E-state index in [4.69, 9.17) is 10.5 Å². The first-order chi connectivity index (χ1) is 8.47. The molecular weight excluding hydrogens is 228 g/mol. The number of carbonyl (C=O) groups is 1. The van der Waals surface area contributed by atoms with Crippen molar-refractivity contribution in [3.63, 3.8) is 0 Å². The molecule has 1 aliphatic carbocycles. The molecule has 0 aliphatic heterocycles. The van der Waals surface area contributed by atoms with Crippen LogP contribution in [-0.4, -0.2) is 18.6 Å². The first-order valence-electron chi connectivity index (χ1n) is 6.25. The zero-order chi connectivity index (χ0) is 13.2. The van der Waals surface area contributed by atoms with E-state index in [2.05, 4.69) is 19.2 Å². The van der Waals surface area contributed by atoms with Gasteiger partial charge in [0.2, 0.25) is 5.91 Å². The van der Waals surface area contributed by atoms with Gasteiger partial charge in [-0.05, 0) is 36.1 Å². The molecule has 1 fully saturated rings. The van der Waals surface area contributed by atoms with Crippen molar-refractivity contribution in [3.8, 4) is 5.75 Å². The van der Waals surface area contributed by atoms with Gasteiger partial charge in [-0.1, -0.05) is 13.8 Å².